The van der Waals surface area contributed by atoms with Crippen molar-refractivity contribution < 1.29 is 19.5 Å². The number of aliphatic carboxylic acids is 1. The molecule has 0 bridgehead atoms. The topological polar surface area (TPSA) is 98.7 Å². The van der Waals surface area contributed by atoms with Gasteiger partial charge in [-0.05, 0) is 13.3 Å². The summed E-state index contributed by atoms with van der Waals surface area (Å²) in [7, 11) is 3.20. The predicted molar refractivity (Wildman–Crippen MR) is 61.6 cm³/mol. The molecule has 0 aliphatic rings. The number of likely N-dealkylation sites (N-methyl/N-ethyl adjacent to an activating group) is 1. The average Bonchev–Trinajstić information content (AvgIpc) is 2.22. The molecule has 0 aromatic carbocycles. The van der Waals surface area contributed by atoms with Crippen LogP contribution in [0.2, 0.25) is 0 Å². The smallest absolute Gasteiger partial charge is 0.315 e. The molecule has 0 heterocycles. The van der Waals surface area contributed by atoms with E-state index in [1.165, 1.54) is 4.90 Å². The summed E-state index contributed by atoms with van der Waals surface area (Å²) in [6.07, 6.45) is 0.366. The zero-order valence-corrected chi connectivity index (χ0v) is 10.3. The summed E-state index contributed by atoms with van der Waals surface area (Å²) < 4.78 is 0. The summed E-state index contributed by atoms with van der Waals surface area (Å²) in [4.78, 5) is 34.3. The van der Waals surface area contributed by atoms with Crippen LogP contribution in [0.15, 0.2) is 0 Å². The number of hydrogen-bond acceptors (Lipinski definition) is 3. The molecular formula is C10H19N3O4. The third kappa shape index (κ3) is 7.15. The standard InChI is InChI=1S/C10H19N3O4/c1-7(9(16)13(2)3)12-10(17)11-6-4-5-8(14)15/h7H,4-6H2,1-3H3,(H,14,15)(H2,11,12,17). The highest BCUT2D eigenvalue weighted by Gasteiger charge is 2.16. The SMILES string of the molecule is CC(NC(=O)NCCCC(=O)O)C(=O)N(C)C. The van der Waals surface area contributed by atoms with Crippen molar-refractivity contribution in [2.45, 2.75) is 25.8 Å². The van der Waals surface area contributed by atoms with E-state index in [-0.39, 0.29) is 18.9 Å². The van der Waals surface area contributed by atoms with Crippen LogP contribution in [0.4, 0.5) is 4.79 Å². The first kappa shape index (κ1) is 15.2. The number of rotatable bonds is 6. The lowest BCUT2D eigenvalue weighted by Gasteiger charge is -2.18. The van der Waals surface area contributed by atoms with Crippen molar-refractivity contribution in [3.63, 3.8) is 0 Å². The van der Waals surface area contributed by atoms with Gasteiger partial charge in [-0.1, -0.05) is 0 Å². The Labute approximate surface area is 100 Å². The van der Waals surface area contributed by atoms with Crippen LogP contribution in [0.1, 0.15) is 19.8 Å². The van der Waals surface area contributed by atoms with E-state index in [4.69, 9.17) is 5.11 Å². The molecule has 0 saturated carbocycles. The highest BCUT2D eigenvalue weighted by molar-refractivity contribution is 5.86. The number of carbonyl (C=O) groups is 3. The van der Waals surface area contributed by atoms with E-state index in [0.717, 1.165) is 0 Å². The van der Waals surface area contributed by atoms with Crippen LogP contribution >= 0.6 is 0 Å². The highest BCUT2D eigenvalue weighted by atomic mass is 16.4. The van der Waals surface area contributed by atoms with Gasteiger partial charge in [0.25, 0.3) is 0 Å². The van der Waals surface area contributed by atoms with E-state index >= 15 is 0 Å². The van der Waals surface area contributed by atoms with Crippen LogP contribution in [-0.2, 0) is 9.59 Å². The van der Waals surface area contributed by atoms with Crippen molar-refractivity contribution in [1.82, 2.24) is 15.5 Å². The molecule has 7 heteroatoms. The van der Waals surface area contributed by atoms with Crippen LogP contribution in [0.5, 0.6) is 0 Å². The molecule has 0 rings (SSSR count). The molecule has 0 aromatic heterocycles. The summed E-state index contributed by atoms with van der Waals surface area (Å²) in [6.45, 7) is 1.85. The maximum Gasteiger partial charge on any atom is 0.315 e. The van der Waals surface area contributed by atoms with Gasteiger partial charge in [0.1, 0.15) is 6.04 Å². The Bertz CT molecular complexity index is 291. The molecule has 7 nitrogen and oxygen atoms in total. The van der Waals surface area contributed by atoms with Crippen molar-refractivity contribution in [1.29, 1.82) is 0 Å². The first-order valence-corrected chi connectivity index (χ1v) is 5.32. The highest BCUT2D eigenvalue weighted by Crippen LogP contribution is 1.89. The summed E-state index contributed by atoms with van der Waals surface area (Å²) in [6, 6.07) is -1.08. The van der Waals surface area contributed by atoms with E-state index in [0.29, 0.717) is 6.42 Å². The van der Waals surface area contributed by atoms with E-state index in [1.54, 1.807) is 21.0 Å². The van der Waals surface area contributed by atoms with Crippen LogP contribution < -0.4 is 10.6 Å². The molecule has 1 unspecified atom stereocenters. The second kappa shape index (κ2) is 7.48. The van der Waals surface area contributed by atoms with E-state index < -0.39 is 18.0 Å². The number of amides is 3. The molecule has 0 saturated heterocycles. The zero-order chi connectivity index (χ0) is 13.4. The summed E-state index contributed by atoms with van der Waals surface area (Å²) in [5.41, 5.74) is 0. The van der Waals surface area contributed by atoms with Gasteiger partial charge < -0.3 is 20.6 Å². The van der Waals surface area contributed by atoms with Crippen LogP contribution in [0, 0.1) is 0 Å². The van der Waals surface area contributed by atoms with Crippen molar-refractivity contribution in [2.75, 3.05) is 20.6 Å². The fraction of sp³-hybridized carbons (Fsp3) is 0.700. The van der Waals surface area contributed by atoms with Crippen molar-refractivity contribution in [2.24, 2.45) is 0 Å². The molecule has 3 amide bonds. The van der Waals surface area contributed by atoms with E-state index in [1.807, 2.05) is 0 Å². The Balaban J connectivity index is 3.79. The van der Waals surface area contributed by atoms with Gasteiger partial charge in [-0.3, -0.25) is 9.59 Å². The van der Waals surface area contributed by atoms with Gasteiger partial charge in [-0.25, -0.2) is 4.79 Å². The van der Waals surface area contributed by atoms with Crippen LogP contribution in [0.3, 0.4) is 0 Å². The average molecular weight is 245 g/mol. The quantitative estimate of drug-likeness (QED) is 0.556. The molecule has 98 valence electrons. The van der Waals surface area contributed by atoms with Crippen molar-refractivity contribution in [3.05, 3.63) is 0 Å². The second-order valence-electron chi connectivity index (χ2n) is 3.85. The van der Waals surface area contributed by atoms with Gasteiger partial charge in [0, 0.05) is 27.1 Å². The first-order chi connectivity index (χ1) is 7.84. The predicted octanol–water partition coefficient (Wildman–Crippen LogP) is -0.373. The number of carboxylic acid groups (broad SMARTS) is 1. The van der Waals surface area contributed by atoms with E-state index in [9.17, 15) is 14.4 Å². The molecule has 1 atom stereocenters. The first-order valence-electron chi connectivity index (χ1n) is 5.32. The van der Waals surface area contributed by atoms with Crippen LogP contribution in [0.25, 0.3) is 0 Å². The van der Waals surface area contributed by atoms with Crippen molar-refractivity contribution >= 4 is 17.9 Å². The lowest BCUT2D eigenvalue weighted by molar-refractivity contribution is -0.137. The van der Waals surface area contributed by atoms with Gasteiger partial charge in [-0.2, -0.15) is 0 Å². The molecule has 0 aliphatic heterocycles. The fourth-order valence-corrected chi connectivity index (χ4v) is 1.14. The minimum atomic E-state index is -0.900. The van der Waals surface area contributed by atoms with Gasteiger partial charge >= 0.3 is 12.0 Å². The normalized spacial score (nSPS) is 11.5. The Hall–Kier alpha value is -1.79. The summed E-state index contributed by atoms with van der Waals surface area (Å²) in [5, 5.41) is 13.3. The summed E-state index contributed by atoms with van der Waals surface area (Å²) in [5.74, 6) is -1.10. The molecule has 0 radical (unpaired) electrons. The Morgan fingerprint density at radius 2 is 1.88 bits per heavy atom. The number of hydrogen-bond donors (Lipinski definition) is 3. The van der Waals surface area contributed by atoms with Crippen molar-refractivity contribution in [3.8, 4) is 0 Å². The maximum atomic E-state index is 11.4. The maximum absolute atomic E-state index is 11.4. The monoisotopic (exact) mass is 245 g/mol. The Kier molecular flexibility index (Phi) is 6.69. The minimum absolute atomic E-state index is 0.00641. The molecule has 0 fully saturated rings. The Morgan fingerprint density at radius 3 is 2.35 bits per heavy atom. The number of nitrogens with zero attached hydrogens (tertiary/aromatic N) is 1. The Morgan fingerprint density at radius 1 is 1.29 bits per heavy atom. The third-order valence-corrected chi connectivity index (χ3v) is 2.01. The molecule has 17 heavy (non-hydrogen) atoms. The largest absolute Gasteiger partial charge is 0.481 e. The molecule has 3 N–H and O–H groups in total. The summed E-state index contributed by atoms with van der Waals surface area (Å²) >= 11 is 0. The fourth-order valence-electron chi connectivity index (χ4n) is 1.14. The number of urea groups is 1. The third-order valence-electron chi connectivity index (χ3n) is 2.01. The number of carbonyl (C=O) groups excluding carboxylic acids is 2. The molecule has 0 aliphatic carbocycles. The molecular weight excluding hydrogens is 226 g/mol. The van der Waals surface area contributed by atoms with Gasteiger partial charge in [-0.15, -0.1) is 0 Å². The number of carboxylic acids is 1. The van der Waals surface area contributed by atoms with Gasteiger partial charge in [0.15, 0.2) is 0 Å². The van der Waals surface area contributed by atoms with Crippen LogP contribution in [-0.4, -0.2) is 54.6 Å². The molecule has 0 aromatic rings. The lowest BCUT2D eigenvalue weighted by atomic mass is 10.3. The van der Waals surface area contributed by atoms with Gasteiger partial charge in [0.2, 0.25) is 5.91 Å². The second-order valence-corrected chi connectivity index (χ2v) is 3.85. The zero-order valence-electron chi connectivity index (χ0n) is 10.3. The number of nitrogens with one attached hydrogen (secondary N) is 2. The molecule has 0 spiro atoms. The minimum Gasteiger partial charge on any atom is -0.481 e. The van der Waals surface area contributed by atoms with Gasteiger partial charge in [0.05, 0.1) is 0 Å². The lowest BCUT2D eigenvalue weighted by Crippen LogP contribution is -2.48. The van der Waals surface area contributed by atoms with E-state index in [2.05, 4.69) is 10.6 Å².